The molecule has 2 amide bonds. The number of amides is 2. The highest BCUT2D eigenvalue weighted by atomic mass is 16.5. The Morgan fingerprint density at radius 2 is 1.79 bits per heavy atom. The summed E-state index contributed by atoms with van der Waals surface area (Å²) in [6.45, 7) is 6.89. The number of nitrogens with one attached hydrogen (secondary N) is 2. The maximum atomic E-state index is 12.6. The Hall–Kier alpha value is -2.08. The molecule has 1 aromatic carbocycles. The zero-order valence-electron chi connectivity index (χ0n) is 16.9. The summed E-state index contributed by atoms with van der Waals surface area (Å²) in [4.78, 5) is 27.5. The normalized spacial score (nSPS) is 28.6. The van der Waals surface area contributed by atoms with Crippen molar-refractivity contribution < 1.29 is 14.3 Å². The first-order valence-electron chi connectivity index (χ1n) is 10.6. The molecule has 152 valence electrons. The Bertz CT molecular complexity index is 740. The van der Waals surface area contributed by atoms with Crippen molar-refractivity contribution in [1.29, 1.82) is 0 Å². The van der Waals surface area contributed by atoms with Gasteiger partial charge in [-0.2, -0.15) is 0 Å². The first kappa shape index (κ1) is 19.2. The summed E-state index contributed by atoms with van der Waals surface area (Å²) in [7, 11) is 0. The highest BCUT2D eigenvalue weighted by molar-refractivity contribution is 6.40. The fourth-order valence-corrected chi connectivity index (χ4v) is 5.17. The first-order chi connectivity index (χ1) is 13.5. The van der Waals surface area contributed by atoms with Crippen molar-refractivity contribution in [1.82, 2.24) is 5.32 Å². The molecule has 2 saturated heterocycles. The second-order valence-electron chi connectivity index (χ2n) is 8.89. The van der Waals surface area contributed by atoms with Gasteiger partial charge in [-0.3, -0.25) is 9.59 Å². The average Bonchev–Trinajstić information content (AvgIpc) is 2.98. The molecule has 6 nitrogen and oxygen atoms in total. The largest absolute Gasteiger partial charge is 0.377 e. The summed E-state index contributed by atoms with van der Waals surface area (Å²) < 4.78 is 5.77. The molecule has 3 aliphatic rings. The van der Waals surface area contributed by atoms with Crippen LogP contribution in [0.4, 0.5) is 11.4 Å². The lowest BCUT2D eigenvalue weighted by Gasteiger charge is -2.54. The SMILES string of the molecule is CC1(C)[C@H](NC(=O)C(=O)Nc2ccccc2N2CCCCCC2)[C@@H]2CCO[C@@H]21. The van der Waals surface area contributed by atoms with Crippen LogP contribution in [0.3, 0.4) is 0 Å². The Morgan fingerprint density at radius 1 is 1.07 bits per heavy atom. The standard InChI is InChI=1S/C22H31N3O3/c1-22(2)18(15-11-14-28-19(15)22)24-21(27)20(26)23-16-9-5-6-10-17(16)25-12-7-3-4-8-13-25/h5-6,9-10,15,18-19H,3-4,7-8,11-14H2,1-2H3,(H,23,26)(H,24,27)/t15-,18+,19-/m0/s1. The highest BCUT2D eigenvalue weighted by Crippen LogP contribution is 2.52. The van der Waals surface area contributed by atoms with Gasteiger partial charge in [-0.25, -0.2) is 0 Å². The number of carbonyl (C=O) groups excluding carboxylic acids is 2. The van der Waals surface area contributed by atoms with Gasteiger partial charge in [0.05, 0.1) is 17.5 Å². The van der Waals surface area contributed by atoms with Crippen molar-refractivity contribution in [2.24, 2.45) is 11.3 Å². The number of para-hydroxylation sites is 2. The second kappa shape index (κ2) is 7.74. The van der Waals surface area contributed by atoms with Crippen LogP contribution in [0.2, 0.25) is 0 Å². The van der Waals surface area contributed by atoms with E-state index in [4.69, 9.17) is 4.74 Å². The minimum Gasteiger partial charge on any atom is -0.377 e. The predicted octanol–water partition coefficient (Wildman–Crippen LogP) is 2.94. The number of hydrogen-bond donors (Lipinski definition) is 2. The van der Waals surface area contributed by atoms with E-state index in [1.54, 1.807) is 0 Å². The minimum atomic E-state index is -0.597. The topological polar surface area (TPSA) is 70.7 Å². The van der Waals surface area contributed by atoms with Gasteiger partial charge in [0.1, 0.15) is 0 Å². The molecule has 4 rings (SSSR count). The third kappa shape index (κ3) is 3.50. The number of carbonyl (C=O) groups is 2. The molecular weight excluding hydrogens is 354 g/mol. The summed E-state index contributed by atoms with van der Waals surface area (Å²) in [5, 5.41) is 5.81. The summed E-state index contributed by atoms with van der Waals surface area (Å²) in [5.41, 5.74) is 1.57. The number of ether oxygens (including phenoxy) is 1. The molecule has 3 atom stereocenters. The van der Waals surface area contributed by atoms with Gasteiger partial charge in [-0.05, 0) is 31.4 Å². The Labute approximate surface area is 167 Å². The molecule has 2 heterocycles. The molecular formula is C22H31N3O3. The number of fused-ring (bicyclic) bond motifs is 1. The molecule has 0 radical (unpaired) electrons. The monoisotopic (exact) mass is 385 g/mol. The van der Waals surface area contributed by atoms with Crippen LogP contribution in [0.15, 0.2) is 24.3 Å². The fourth-order valence-electron chi connectivity index (χ4n) is 5.17. The van der Waals surface area contributed by atoms with Gasteiger partial charge in [0.15, 0.2) is 0 Å². The smallest absolute Gasteiger partial charge is 0.313 e. The minimum absolute atomic E-state index is 0.0147. The van der Waals surface area contributed by atoms with Crippen molar-refractivity contribution in [2.75, 3.05) is 29.9 Å². The fraction of sp³-hybridized carbons (Fsp3) is 0.636. The Morgan fingerprint density at radius 3 is 2.54 bits per heavy atom. The van der Waals surface area contributed by atoms with Gasteiger partial charge >= 0.3 is 11.8 Å². The van der Waals surface area contributed by atoms with Gasteiger partial charge in [0, 0.05) is 37.1 Å². The molecule has 2 N–H and O–H groups in total. The Balaban J connectivity index is 1.42. The predicted molar refractivity (Wildman–Crippen MR) is 109 cm³/mol. The highest BCUT2D eigenvalue weighted by Gasteiger charge is 2.60. The molecule has 0 spiro atoms. The zero-order chi connectivity index (χ0) is 19.7. The van der Waals surface area contributed by atoms with E-state index in [9.17, 15) is 9.59 Å². The summed E-state index contributed by atoms with van der Waals surface area (Å²) in [5.74, 6) is -0.842. The lowest BCUT2D eigenvalue weighted by Crippen LogP contribution is -2.67. The van der Waals surface area contributed by atoms with E-state index < -0.39 is 11.8 Å². The quantitative estimate of drug-likeness (QED) is 0.785. The van der Waals surface area contributed by atoms with Gasteiger partial charge in [0.2, 0.25) is 0 Å². The van der Waals surface area contributed by atoms with E-state index in [-0.39, 0.29) is 17.6 Å². The van der Waals surface area contributed by atoms with E-state index >= 15 is 0 Å². The van der Waals surface area contributed by atoms with Crippen LogP contribution in [0.5, 0.6) is 0 Å². The van der Waals surface area contributed by atoms with E-state index in [0.717, 1.165) is 44.6 Å². The summed E-state index contributed by atoms with van der Waals surface area (Å²) in [6.07, 6.45) is 5.93. The molecule has 3 fully saturated rings. The number of nitrogens with zero attached hydrogens (tertiary/aromatic N) is 1. The van der Waals surface area contributed by atoms with Crippen LogP contribution in [0.25, 0.3) is 0 Å². The van der Waals surface area contributed by atoms with Gasteiger partial charge in [-0.15, -0.1) is 0 Å². The number of rotatable bonds is 3. The summed E-state index contributed by atoms with van der Waals surface area (Å²) in [6, 6.07) is 7.75. The van der Waals surface area contributed by atoms with Crippen molar-refractivity contribution in [3.63, 3.8) is 0 Å². The Kier molecular flexibility index (Phi) is 5.32. The van der Waals surface area contributed by atoms with Crippen molar-refractivity contribution in [2.45, 2.75) is 58.1 Å². The second-order valence-corrected chi connectivity index (χ2v) is 8.89. The maximum absolute atomic E-state index is 12.6. The molecule has 0 aromatic heterocycles. The van der Waals surface area contributed by atoms with Crippen molar-refractivity contribution in [3.05, 3.63) is 24.3 Å². The molecule has 1 aromatic rings. The third-order valence-electron chi connectivity index (χ3n) is 6.69. The van der Waals surface area contributed by atoms with Crippen molar-refractivity contribution >= 4 is 23.2 Å². The number of hydrogen-bond acceptors (Lipinski definition) is 4. The maximum Gasteiger partial charge on any atom is 0.313 e. The van der Waals surface area contributed by atoms with E-state index in [2.05, 4.69) is 29.4 Å². The first-order valence-corrected chi connectivity index (χ1v) is 10.6. The van der Waals surface area contributed by atoms with Crippen LogP contribution in [-0.4, -0.2) is 43.7 Å². The molecule has 1 saturated carbocycles. The molecule has 6 heteroatoms. The van der Waals surface area contributed by atoms with Crippen LogP contribution >= 0.6 is 0 Å². The van der Waals surface area contributed by atoms with Crippen LogP contribution in [-0.2, 0) is 14.3 Å². The molecule has 0 bridgehead atoms. The lowest BCUT2D eigenvalue weighted by atomic mass is 9.57. The van der Waals surface area contributed by atoms with Gasteiger partial charge < -0.3 is 20.3 Å². The van der Waals surface area contributed by atoms with Crippen LogP contribution < -0.4 is 15.5 Å². The molecule has 0 unspecified atom stereocenters. The van der Waals surface area contributed by atoms with Crippen molar-refractivity contribution in [3.8, 4) is 0 Å². The van der Waals surface area contributed by atoms with Crippen LogP contribution in [0, 0.1) is 11.3 Å². The zero-order valence-corrected chi connectivity index (χ0v) is 16.9. The number of benzene rings is 1. The third-order valence-corrected chi connectivity index (χ3v) is 6.69. The van der Waals surface area contributed by atoms with E-state index in [1.807, 2.05) is 24.3 Å². The lowest BCUT2D eigenvalue weighted by molar-refractivity contribution is -0.145. The number of anilines is 2. The van der Waals surface area contributed by atoms with Gasteiger partial charge in [0.25, 0.3) is 0 Å². The molecule has 1 aliphatic carbocycles. The summed E-state index contributed by atoms with van der Waals surface area (Å²) >= 11 is 0. The van der Waals surface area contributed by atoms with E-state index in [1.165, 1.54) is 12.8 Å². The molecule has 28 heavy (non-hydrogen) atoms. The van der Waals surface area contributed by atoms with Gasteiger partial charge in [-0.1, -0.05) is 38.8 Å². The molecule has 2 aliphatic heterocycles. The average molecular weight is 386 g/mol. The van der Waals surface area contributed by atoms with E-state index in [0.29, 0.717) is 11.6 Å². The van der Waals surface area contributed by atoms with Crippen LogP contribution in [0.1, 0.15) is 46.0 Å².